The van der Waals surface area contributed by atoms with Crippen LogP contribution in [0.1, 0.15) is 61.8 Å². The first kappa shape index (κ1) is 21.1. The van der Waals surface area contributed by atoms with Crippen LogP contribution >= 0.6 is 23.5 Å². The summed E-state index contributed by atoms with van der Waals surface area (Å²) in [5.74, 6) is 2.99. The van der Waals surface area contributed by atoms with Crippen molar-refractivity contribution in [2.45, 2.75) is 60.8 Å². The molecule has 0 bridgehead atoms. The maximum atomic E-state index is 3.63. The molecule has 0 aliphatic heterocycles. The van der Waals surface area contributed by atoms with E-state index >= 15 is 0 Å². The largest absolute Gasteiger partial charge is 0.120 e. The Morgan fingerprint density at radius 3 is 1.75 bits per heavy atom. The highest BCUT2D eigenvalue weighted by molar-refractivity contribution is 8.01. The van der Waals surface area contributed by atoms with Gasteiger partial charge in [0, 0.05) is 21.3 Å². The van der Waals surface area contributed by atoms with E-state index in [1.165, 1.54) is 32.0 Å². The molecular weight excluding hydrogens is 376 g/mol. The first-order chi connectivity index (χ1) is 13.6. The Kier molecular flexibility index (Phi) is 7.70. The molecule has 0 fully saturated rings. The van der Waals surface area contributed by atoms with Crippen LogP contribution in [-0.4, -0.2) is 0 Å². The quantitative estimate of drug-likeness (QED) is 0.345. The molecule has 0 amide bonds. The fourth-order valence-corrected chi connectivity index (χ4v) is 5.77. The smallest absolute Gasteiger partial charge is 0.0293 e. The van der Waals surface area contributed by atoms with E-state index in [9.17, 15) is 0 Å². The highest BCUT2D eigenvalue weighted by atomic mass is 32.2. The normalized spacial score (nSPS) is 11.4. The zero-order valence-electron chi connectivity index (χ0n) is 17.2. The molecule has 0 unspecified atom stereocenters. The lowest BCUT2D eigenvalue weighted by atomic mass is 9.90. The van der Waals surface area contributed by atoms with E-state index in [1.54, 1.807) is 0 Å². The van der Waals surface area contributed by atoms with Gasteiger partial charge < -0.3 is 0 Å². The van der Waals surface area contributed by atoms with Crippen molar-refractivity contribution < 1.29 is 0 Å². The molecule has 0 spiro atoms. The molecular formula is C26H29S2. The first-order valence-electron chi connectivity index (χ1n) is 9.98. The Bertz CT molecular complexity index is 868. The number of benzene rings is 3. The molecule has 2 heteroatoms. The van der Waals surface area contributed by atoms with Crippen molar-refractivity contribution in [1.82, 2.24) is 0 Å². The maximum Gasteiger partial charge on any atom is 0.0293 e. The second-order valence-electron chi connectivity index (χ2n) is 7.67. The van der Waals surface area contributed by atoms with Gasteiger partial charge >= 0.3 is 0 Å². The third-order valence-corrected chi connectivity index (χ3v) is 7.18. The second kappa shape index (κ2) is 10.2. The van der Waals surface area contributed by atoms with Crippen molar-refractivity contribution in [3.63, 3.8) is 0 Å². The van der Waals surface area contributed by atoms with Gasteiger partial charge in [0.1, 0.15) is 0 Å². The molecule has 28 heavy (non-hydrogen) atoms. The van der Waals surface area contributed by atoms with Crippen LogP contribution in [0.15, 0.2) is 76.5 Å². The lowest BCUT2D eigenvalue weighted by Gasteiger charge is -2.22. The molecule has 145 valence electrons. The van der Waals surface area contributed by atoms with Crippen LogP contribution in [0.5, 0.6) is 0 Å². The van der Waals surface area contributed by atoms with Gasteiger partial charge in [0.2, 0.25) is 0 Å². The Morgan fingerprint density at radius 1 is 0.714 bits per heavy atom. The average molecular weight is 406 g/mol. The zero-order valence-corrected chi connectivity index (χ0v) is 18.9. The monoisotopic (exact) mass is 405 g/mol. The maximum absolute atomic E-state index is 3.63. The van der Waals surface area contributed by atoms with Crippen LogP contribution in [0.4, 0.5) is 0 Å². The van der Waals surface area contributed by atoms with E-state index in [1.807, 2.05) is 23.5 Å². The molecule has 3 aromatic rings. The molecule has 0 heterocycles. The molecule has 1 radical (unpaired) electrons. The van der Waals surface area contributed by atoms with E-state index in [2.05, 4.69) is 100 Å². The van der Waals surface area contributed by atoms with Crippen LogP contribution in [0.2, 0.25) is 0 Å². The van der Waals surface area contributed by atoms with Gasteiger partial charge in [0.05, 0.1) is 0 Å². The molecule has 3 aromatic carbocycles. The molecule has 0 aliphatic carbocycles. The average Bonchev–Trinajstić information content (AvgIpc) is 2.71. The van der Waals surface area contributed by atoms with E-state index in [0.29, 0.717) is 11.8 Å². The van der Waals surface area contributed by atoms with Gasteiger partial charge in [0.25, 0.3) is 0 Å². The molecule has 3 rings (SSSR count). The van der Waals surface area contributed by atoms with Gasteiger partial charge in [-0.15, -0.1) is 23.5 Å². The molecule has 0 aromatic heterocycles. The zero-order chi connectivity index (χ0) is 19.9. The van der Waals surface area contributed by atoms with E-state index < -0.39 is 0 Å². The van der Waals surface area contributed by atoms with Crippen molar-refractivity contribution in [2.75, 3.05) is 0 Å². The summed E-state index contributed by atoms with van der Waals surface area (Å²) in [4.78, 5) is 2.71. The number of thioether (sulfide) groups is 2. The van der Waals surface area contributed by atoms with Crippen LogP contribution in [0, 0.1) is 6.07 Å². The van der Waals surface area contributed by atoms with Crippen LogP contribution < -0.4 is 0 Å². The summed E-state index contributed by atoms with van der Waals surface area (Å²) in [6.45, 7) is 9.22. The van der Waals surface area contributed by atoms with Crippen LogP contribution in [0.25, 0.3) is 0 Å². The summed E-state index contributed by atoms with van der Waals surface area (Å²) < 4.78 is 0. The fourth-order valence-electron chi connectivity index (χ4n) is 3.32. The Balaban J connectivity index is 1.93. The molecule has 0 nitrogen and oxygen atoms in total. The summed E-state index contributed by atoms with van der Waals surface area (Å²) in [7, 11) is 0. The standard InChI is InChI=1S/C26H29S2/c1-19(2)23-15-16-24(27-17-21-11-7-5-8-12-21)26(25(23)20(3)4)28-18-22-13-9-6-10-14-22/h5-15,19-20H,17-18H2,1-4H3. The summed E-state index contributed by atoms with van der Waals surface area (Å²) in [5, 5.41) is 0. The van der Waals surface area contributed by atoms with E-state index in [-0.39, 0.29) is 0 Å². The summed E-state index contributed by atoms with van der Waals surface area (Å²) in [6.07, 6.45) is 0. The van der Waals surface area contributed by atoms with Crippen LogP contribution in [0.3, 0.4) is 0 Å². The molecule has 0 atom stereocenters. The van der Waals surface area contributed by atoms with E-state index in [4.69, 9.17) is 0 Å². The Morgan fingerprint density at radius 2 is 1.25 bits per heavy atom. The second-order valence-corrected chi connectivity index (χ2v) is 9.65. The van der Waals surface area contributed by atoms with Crippen molar-refractivity contribution in [3.8, 4) is 0 Å². The molecule has 0 N–H and O–H groups in total. The predicted molar refractivity (Wildman–Crippen MR) is 125 cm³/mol. The lowest BCUT2D eigenvalue weighted by molar-refractivity contribution is 0.762. The minimum Gasteiger partial charge on any atom is -0.120 e. The molecule has 0 aliphatic rings. The van der Waals surface area contributed by atoms with Gasteiger partial charge in [0.15, 0.2) is 0 Å². The van der Waals surface area contributed by atoms with Gasteiger partial charge in [-0.1, -0.05) is 88.4 Å². The number of hydrogen-bond donors (Lipinski definition) is 0. The molecule has 0 saturated carbocycles. The van der Waals surface area contributed by atoms with Crippen molar-refractivity contribution >= 4 is 23.5 Å². The van der Waals surface area contributed by atoms with Gasteiger partial charge in [-0.3, -0.25) is 0 Å². The van der Waals surface area contributed by atoms with Gasteiger partial charge in [-0.2, -0.15) is 0 Å². The third-order valence-electron chi connectivity index (χ3n) is 4.77. The highest BCUT2D eigenvalue weighted by Gasteiger charge is 2.19. The Labute approximate surface area is 179 Å². The summed E-state index contributed by atoms with van der Waals surface area (Å²) in [5.41, 5.74) is 5.68. The lowest BCUT2D eigenvalue weighted by Crippen LogP contribution is -2.03. The molecule has 0 saturated heterocycles. The van der Waals surface area contributed by atoms with Gasteiger partial charge in [-0.25, -0.2) is 0 Å². The topological polar surface area (TPSA) is 0 Å². The summed E-state index contributed by atoms with van der Waals surface area (Å²) >= 11 is 3.88. The first-order valence-corrected chi connectivity index (χ1v) is 11.9. The van der Waals surface area contributed by atoms with Gasteiger partial charge in [-0.05, 0) is 46.2 Å². The minimum absolute atomic E-state index is 0.501. The van der Waals surface area contributed by atoms with Crippen molar-refractivity contribution in [1.29, 1.82) is 0 Å². The van der Waals surface area contributed by atoms with Crippen molar-refractivity contribution in [2.24, 2.45) is 0 Å². The van der Waals surface area contributed by atoms with E-state index in [0.717, 1.165) is 11.5 Å². The number of rotatable bonds is 8. The van der Waals surface area contributed by atoms with Crippen LogP contribution in [-0.2, 0) is 11.5 Å². The third kappa shape index (κ3) is 5.46. The SMILES string of the molecule is CC(C)c1c[c]c(SCc2ccccc2)c(SCc2ccccc2)c1C(C)C. The minimum atomic E-state index is 0.501. The fraction of sp³-hybridized carbons (Fsp3) is 0.308. The van der Waals surface area contributed by atoms with Crippen molar-refractivity contribution in [3.05, 3.63) is 95.1 Å². The summed E-state index contributed by atoms with van der Waals surface area (Å²) in [6, 6.07) is 27.4. The highest BCUT2D eigenvalue weighted by Crippen LogP contribution is 2.42. The number of hydrogen-bond acceptors (Lipinski definition) is 2. The predicted octanol–water partition coefficient (Wildman–Crippen LogP) is 8.32. The Hall–Kier alpha value is -1.64.